The van der Waals surface area contributed by atoms with Crippen LogP contribution in [0.1, 0.15) is 29.4 Å². The maximum Gasteiger partial charge on any atom is 0.335 e. The number of carboxylic acid groups (broad SMARTS) is 1. The molecule has 2 N–H and O–H groups in total. The van der Waals surface area contributed by atoms with Crippen molar-refractivity contribution in [2.75, 3.05) is 18.8 Å². The summed E-state index contributed by atoms with van der Waals surface area (Å²) in [7, 11) is 0. The molecular weight excluding hydrogens is 290 g/mol. The van der Waals surface area contributed by atoms with Gasteiger partial charge in [0.25, 0.3) is 0 Å². The minimum atomic E-state index is -0.996. The molecule has 0 radical (unpaired) electrons. The third-order valence-electron chi connectivity index (χ3n) is 3.37. The number of nitrogens with zero attached hydrogens (tertiary/aromatic N) is 2. The summed E-state index contributed by atoms with van der Waals surface area (Å²) in [6, 6.07) is 2.79. The van der Waals surface area contributed by atoms with Crippen molar-refractivity contribution in [1.82, 2.24) is 15.2 Å². The molecule has 0 aromatic carbocycles. The van der Waals surface area contributed by atoms with Gasteiger partial charge in [-0.1, -0.05) is 6.92 Å². The largest absolute Gasteiger partial charge is 0.478 e. The molecule has 1 aliphatic rings. The molecule has 0 spiro atoms. The number of nitrogens with one attached hydrogen (secondary N) is 1. The summed E-state index contributed by atoms with van der Waals surface area (Å²) in [6.07, 6.45) is 2.49. The van der Waals surface area contributed by atoms with E-state index < -0.39 is 5.97 Å². The zero-order valence-corrected chi connectivity index (χ0v) is 12.7. The van der Waals surface area contributed by atoms with Crippen molar-refractivity contribution in [3.8, 4) is 0 Å². The van der Waals surface area contributed by atoms with E-state index >= 15 is 0 Å². The molecule has 1 saturated heterocycles. The highest BCUT2D eigenvalue weighted by Crippen LogP contribution is 2.20. The number of pyridine rings is 1. The van der Waals surface area contributed by atoms with Crippen LogP contribution >= 0.6 is 11.8 Å². The lowest BCUT2D eigenvalue weighted by Crippen LogP contribution is -2.46. The van der Waals surface area contributed by atoms with Gasteiger partial charge in [0, 0.05) is 30.3 Å². The van der Waals surface area contributed by atoms with E-state index in [1.807, 2.05) is 16.7 Å². The van der Waals surface area contributed by atoms with E-state index in [0.717, 1.165) is 25.3 Å². The highest BCUT2D eigenvalue weighted by atomic mass is 32.2. The molecule has 21 heavy (non-hydrogen) atoms. The summed E-state index contributed by atoms with van der Waals surface area (Å²) < 4.78 is 0. The van der Waals surface area contributed by atoms with Gasteiger partial charge in [0.2, 0.25) is 0 Å². The maximum absolute atomic E-state index is 12.1. The Labute approximate surface area is 127 Å². The number of hydrogen-bond donors (Lipinski definition) is 2. The first-order chi connectivity index (χ1) is 10.1. The number of carbonyl (C=O) groups excluding carboxylic acids is 1. The fourth-order valence-electron chi connectivity index (χ4n) is 2.14. The number of thioether (sulfide) groups is 1. The second-order valence-corrected chi connectivity index (χ2v) is 6.26. The standard InChI is InChI=1S/C14H19N3O3S/c1-2-12-9-17(5-6-21-12)14(20)16-8-11-7-10(13(18)19)3-4-15-11/h3-4,7,12H,2,5-6,8-9H2,1H3,(H,16,20)(H,18,19). The van der Waals surface area contributed by atoms with E-state index in [1.165, 1.54) is 18.3 Å². The summed E-state index contributed by atoms with van der Waals surface area (Å²) in [5.74, 6) is -0.0394. The van der Waals surface area contributed by atoms with E-state index in [0.29, 0.717) is 10.9 Å². The number of aromatic carboxylic acids is 1. The SMILES string of the molecule is CCC1CN(C(=O)NCc2cc(C(=O)O)ccn2)CCS1. The Morgan fingerprint density at radius 1 is 1.57 bits per heavy atom. The first-order valence-electron chi connectivity index (χ1n) is 6.92. The Balaban J connectivity index is 1.89. The summed E-state index contributed by atoms with van der Waals surface area (Å²) in [5.41, 5.74) is 0.719. The predicted octanol–water partition coefficient (Wildman–Crippen LogP) is 1.82. The van der Waals surface area contributed by atoms with Crippen molar-refractivity contribution >= 4 is 23.8 Å². The van der Waals surface area contributed by atoms with Gasteiger partial charge in [0.05, 0.1) is 17.8 Å². The zero-order valence-electron chi connectivity index (χ0n) is 11.9. The molecule has 1 atom stereocenters. The predicted molar refractivity (Wildman–Crippen MR) is 81.5 cm³/mol. The van der Waals surface area contributed by atoms with Crippen LogP contribution < -0.4 is 5.32 Å². The fourth-order valence-corrected chi connectivity index (χ4v) is 3.32. The van der Waals surface area contributed by atoms with Crippen LogP contribution in [-0.4, -0.2) is 51.1 Å². The van der Waals surface area contributed by atoms with Gasteiger partial charge in [-0.3, -0.25) is 4.98 Å². The number of aromatic nitrogens is 1. The van der Waals surface area contributed by atoms with Crippen molar-refractivity contribution in [1.29, 1.82) is 0 Å². The third-order valence-corrected chi connectivity index (χ3v) is 4.74. The molecule has 0 saturated carbocycles. The fraction of sp³-hybridized carbons (Fsp3) is 0.500. The van der Waals surface area contributed by atoms with Gasteiger partial charge in [0.15, 0.2) is 0 Å². The molecule has 7 heteroatoms. The summed E-state index contributed by atoms with van der Waals surface area (Å²) in [6.45, 7) is 3.87. The lowest BCUT2D eigenvalue weighted by molar-refractivity contribution is 0.0696. The molecule has 1 fully saturated rings. The van der Waals surface area contributed by atoms with E-state index in [1.54, 1.807) is 0 Å². The molecule has 1 unspecified atom stereocenters. The van der Waals surface area contributed by atoms with E-state index in [9.17, 15) is 9.59 Å². The van der Waals surface area contributed by atoms with Crippen LogP contribution in [0.4, 0.5) is 4.79 Å². The Kier molecular flexibility index (Phi) is 5.44. The average Bonchev–Trinajstić information content (AvgIpc) is 2.53. The Morgan fingerprint density at radius 3 is 3.10 bits per heavy atom. The van der Waals surface area contributed by atoms with E-state index in [4.69, 9.17) is 5.11 Å². The topological polar surface area (TPSA) is 82.5 Å². The Bertz CT molecular complexity index is 524. The minimum absolute atomic E-state index is 0.115. The Hall–Kier alpha value is -1.76. The molecule has 1 aliphatic heterocycles. The molecule has 114 valence electrons. The lowest BCUT2D eigenvalue weighted by atomic mass is 10.2. The third kappa shape index (κ3) is 4.35. The van der Waals surface area contributed by atoms with Crippen LogP contribution in [0.15, 0.2) is 18.3 Å². The highest BCUT2D eigenvalue weighted by Gasteiger charge is 2.22. The number of amides is 2. The van der Waals surface area contributed by atoms with Crippen LogP contribution in [0, 0.1) is 0 Å². The first-order valence-corrected chi connectivity index (χ1v) is 7.97. The van der Waals surface area contributed by atoms with Gasteiger partial charge >= 0.3 is 12.0 Å². The molecule has 1 aromatic rings. The lowest BCUT2D eigenvalue weighted by Gasteiger charge is -2.31. The van der Waals surface area contributed by atoms with Crippen molar-refractivity contribution in [2.45, 2.75) is 25.1 Å². The molecular formula is C14H19N3O3S. The van der Waals surface area contributed by atoms with Gasteiger partial charge < -0.3 is 15.3 Å². The molecule has 2 heterocycles. The normalized spacial score (nSPS) is 18.3. The van der Waals surface area contributed by atoms with E-state index in [2.05, 4.69) is 17.2 Å². The Morgan fingerprint density at radius 2 is 2.38 bits per heavy atom. The number of rotatable bonds is 4. The number of urea groups is 1. The first kappa shape index (κ1) is 15.6. The molecule has 0 bridgehead atoms. The second-order valence-electron chi connectivity index (χ2n) is 4.85. The zero-order chi connectivity index (χ0) is 15.2. The quantitative estimate of drug-likeness (QED) is 0.886. The van der Waals surface area contributed by atoms with Gasteiger partial charge in [0.1, 0.15) is 0 Å². The number of hydrogen-bond acceptors (Lipinski definition) is 4. The molecule has 2 rings (SSSR count). The number of carboxylic acids is 1. The molecule has 1 aromatic heterocycles. The summed E-state index contributed by atoms with van der Waals surface area (Å²) in [4.78, 5) is 28.9. The minimum Gasteiger partial charge on any atom is -0.478 e. The highest BCUT2D eigenvalue weighted by molar-refractivity contribution is 8.00. The average molecular weight is 309 g/mol. The van der Waals surface area contributed by atoms with Gasteiger partial charge in [-0.25, -0.2) is 9.59 Å². The van der Waals surface area contributed by atoms with Gasteiger partial charge in [-0.05, 0) is 18.6 Å². The van der Waals surface area contributed by atoms with Crippen LogP contribution in [0.2, 0.25) is 0 Å². The van der Waals surface area contributed by atoms with E-state index in [-0.39, 0.29) is 18.1 Å². The molecule has 6 nitrogen and oxygen atoms in total. The van der Waals surface area contributed by atoms with Crippen molar-refractivity contribution in [3.05, 3.63) is 29.6 Å². The summed E-state index contributed by atoms with van der Waals surface area (Å²) in [5, 5.41) is 12.2. The monoisotopic (exact) mass is 309 g/mol. The van der Waals surface area contributed by atoms with Gasteiger partial charge in [-0.2, -0.15) is 11.8 Å². The van der Waals surface area contributed by atoms with Crippen molar-refractivity contribution in [3.63, 3.8) is 0 Å². The smallest absolute Gasteiger partial charge is 0.335 e. The van der Waals surface area contributed by atoms with Crippen molar-refractivity contribution < 1.29 is 14.7 Å². The van der Waals surface area contributed by atoms with Crippen molar-refractivity contribution in [2.24, 2.45) is 0 Å². The van der Waals surface area contributed by atoms with Crippen LogP contribution in [-0.2, 0) is 6.54 Å². The summed E-state index contributed by atoms with van der Waals surface area (Å²) >= 11 is 1.90. The second kappa shape index (κ2) is 7.31. The van der Waals surface area contributed by atoms with Crippen LogP contribution in [0.25, 0.3) is 0 Å². The van der Waals surface area contributed by atoms with Crippen LogP contribution in [0.5, 0.6) is 0 Å². The number of carbonyl (C=O) groups is 2. The maximum atomic E-state index is 12.1. The molecule has 2 amide bonds. The van der Waals surface area contributed by atoms with Gasteiger partial charge in [-0.15, -0.1) is 0 Å². The molecule has 0 aliphatic carbocycles. The van der Waals surface area contributed by atoms with Crippen LogP contribution in [0.3, 0.4) is 0 Å².